The van der Waals surface area contributed by atoms with Crippen LogP contribution in [-0.2, 0) is 11.2 Å². The van der Waals surface area contributed by atoms with Crippen LogP contribution in [0.5, 0.6) is 0 Å². The molecule has 132 valence electrons. The van der Waals surface area contributed by atoms with Gasteiger partial charge in [0.2, 0.25) is 0 Å². The Bertz CT molecular complexity index is 723. The molecule has 0 aromatic heterocycles. The molecule has 0 radical (unpaired) electrons. The average molecular weight is 377 g/mol. The Kier molecular flexibility index (Phi) is 7.70. The number of esters is 1. The Morgan fingerprint density at radius 3 is 2.64 bits per heavy atom. The first-order chi connectivity index (χ1) is 12.1. The molecule has 2 aromatic rings. The van der Waals surface area contributed by atoms with Crippen molar-refractivity contribution in [3.8, 4) is 0 Å². The second-order valence-electron chi connectivity index (χ2n) is 5.39. The summed E-state index contributed by atoms with van der Waals surface area (Å²) < 4.78 is 4.95. The van der Waals surface area contributed by atoms with Gasteiger partial charge in [0.25, 0.3) is 0 Å². The van der Waals surface area contributed by atoms with E-state index in [1.165, 1.54) is 5.56 Å². The predicted molar refractivity (Wildman–Crippen MR) is 106 cm³/mol. The van der Waals surface area contributed by atoms with Gasteiger partial charge in [0.15, 0.2) is 5.11 Å². The molecule has 25 heavy (non-hydrogen) atoms. The number of hydrogen-bond acceptors (Lipinski definition) is 3. The first-order valence-corrected chi connectivity index (χ1v) is 8.94. The van der Waals surface area contributed by atoms with Gasteiger partial charge in [-0.1, -0.05) is 41.9 Å². The van der Waals surface area contributed by atoms with Gasteiger partial charge in [-0.25, -0.2) is 4.79 Å². The fraction of sp³-hybridized carbons (Fsp3) is 0.263. The maximum Gasteiger partial charge on any atom is 0.339 e. The summed E-state index contributed by atoms with van der Waals surface area (Å²) in [6.45, 7) is 2.84. The van der Waals surface area contributed by atoms with Crippen LogP contribution in [0, 0.1) is 0 Å². The number of rotatable bonds is 7. The van der Waals surface area contributed by atoms with Gasteiger partial charge >= 0.3 is 5.97 Å². The number of nitrogens with one attached hydrogen (secondary N) is 2. The lowest BCUT2D eigenvalue weighted by molar-refractivity contribution is 0.0526. The van der Waals surface area contributed by atoms with Gasteiger partial charge < -0.3 is 15.4 Å². The van der Waals surface area contributed by atoms with Gasteiger partial charge in [0, 0.05) is 12.2 Å². The van der Waals surface area contributed by atoms with Crippen molar-refractivity contribution in [1.29, 1.82) is 0 Å². The van der Waals surface area contributed by atoms with Crippen molar-refractivity contribution in [3.63, 3.8) is 0 Å². The third-order valence-electron chi connectivity index (χ3n) is 3.49. The topological polar surface area (TPSA) is 50.4 Å². The lowest BCUT2D eigenvalue weighted by Crippen LogP contribution is -2.29. The molecule has 0 amide bonds. The third kappa shape index (κ3) is 6.36. The lowest BCUT2D eigenvalue weighted by Gasteiger charge is -2.12. The van der Waals surface area contributed by atoms with E-state index in [9.17, 15) is 4.79 Å². The summed E-state index contributed by atoms with van der Waals surface area (Å²) in [6.07, 6.45) is 1.98. The van der Waals surface area contributed by atoms with Crippen molar-refractivity contribution in [2.75, 3.05) is 18.5 Å². The van der Waals surface area contributed by atoms with Crippen molar-refractivity contribution < 1.29 is 9.53 Å². The molecule has 0 unspecified atom stereocenters. The zero-order valence-electron chi connectivity index (χ0n) is 14.0. The number of aryl methyl sites for hydroxylation is 1. The van der Waals surface area contributed by atoms with E-state index in [0.717, 1.165) is 25.1 Å². The number of benzene rings is 2. The minimum Gasteiger partial charge on any atom is -0.462 e. The van der Waals surface area contributed by atoms with Crippen molar-refractivity contribution >= 4 is 40.6 Å². The largest absolute Gasteiger partial charge is 0.462 e. The molecule has 6 heteroatoms. The summed E-state index contributed by atoms with van der Waals surface area (Å²) in [5.41, 5.74) is 2.37. The Hall–Kier alpha value is -2.11. The van der Waals surface area contributed by atoms with E-state index in [-0.39, 0.29) is 0 Å². The zero-order chi connectivity index (χ0) is 18.1. The Morgan fingerprint density at radius 2 is 1.96 bits per heavy atom. The zero-order valence-corrected chi connectivity index (χ0v) is 15.6. The normalized spacial score (nSPS) is 10.2. The van der Waals surface area contributed by atoms with Crippen LogP contribution in [-0.4, -0.2) is 24.2 Å². The molecule has 0 atom stereocenters. The van der Waals surface area contributed by atoms with Crippen LogP contribution in [0.25, 0.3) is 0 Å². The summed E-state index contributed by atoms with van der Waals surface area (Å²) in [5, 5.41) is 7.08. The van der Waals surface area contributed by atoms with Crippen LogP contribution in [0.1, 0.15) is 29.3 Å². The second-order valence-corrected chi connectivity index (χ2v) is 6.20. The predicted octanol–water partition coefficient (Wildman–Crippen LogP) is 4.44. The molecule has 0 fully saturated rings. The average Bonchev–Trinajstić information content (AvgIpc) is 2.60. The van der Waals surface area contributed by atoms with Crippen LogP contribution in [0.3, 0.4) is 0 Å². The van der Waals surface area contributed by atoms with Crippen molar-refractivity contribution in [3.05, 3.63) is 64.7 Å². The Labute approximate surface area is 158 Å². The molecule has 0 spiro atoms. The van der Waals surface area contributed by atoms with Crippen LogP contribution in [0.2, 0.25) is 5.02 Å². The minimum atomic E-state index is -0.430. The number of carbonyl (C=O) groups is 1. The molecule has 0 aliphatic rings. The summed E-state index contributed by atoms with van der Waals surface area (Å²) >= 11 is 11.4. The van der Waals surface area contributed by atoms with E-state index in [0.29, 0.717) is 22.3 Å². The number of carbonyl (C=O) groups excluding carboxylic acids is 1. The van der Waals surface area contributed by atoms with Crippen molar-refractivity contribution in [2.45, 2.75) is 19.8 Å². The number of hydrogen-bond donors (Lipinski definition) is 2. The highest BCUT2D eigenvalue weighted by atomic mass is 35.5. The molecule has 0 aliphatic carbocycles. The van der Waals surface area contributed by atoms with Crippen molar-refractivity contribution in [1.82, 2.24) is 5.32 Å². The quantitative estimate of drug-likeness (QED) is 0.425. The van der Waals surface area contributed by atoms with Gasteiger partial charge in [0.1, 0.15) is 0 Å². The molecule has 2 rings (SSSR count). The van der Waals surface area contributed by atoms with E-state index in [1.54, 1.807) is 25.1 Å². The fourth-order valence-electron chi connectivity index (χ4n) is 2.28. The molecule has 4 nitrogen and oxygen atoms in total. The lowest BCUT2D eigenvalue weighted by atomic mass is 10.1. The summed E-state index contributed by atoms with van der Waals surface area (Å²) in [7, 11) is 0. The van der Waals surface area contributed by atoms with E-state index in [1.807, 2.05) is 18.2 Å². The molecule has 2 aromatic carbocycles. The minimum absolute atomic E-state index is 0.312. The number of halogens is 1. The Balaban J connectivity index is 1.78. The molecule has 0 bridgehead atoms. The number of thiocarbonyl (C=S) groups is 1. The highest BCUT2D eigenvalue weighted by Gasteiger charge is 2.12. The molecule has 0 heterocycles. The van der Waals surface area contributed by atoms with E-state index in [2.05, 4.69) is 22.8 Å². The summed E-state index contributed by atoms with van der Waals surface area (Å²) in [6, 6.07) is 15.4. The smallest absolute Gasteiger partial charge is 0.339 e. The molecule has 2 N–H and O–H groups in total. The first-order valence-electron chi connectivity index (χ1n) is 8.15. The van der Waals surface area contributed by atoms with Gasteiger partial charge in [-0.15, -0.1) is 0 Å². The fourth-order valence-corrected chi connectivity index (χ4v) is 2.76. The molecule has 0 saturated heterocycles. The third-order valence-corrected chi connectivity index (χ3v) is 4.05. The molecular formula is C19H21ClN2O2S. The summed E-state index contributed by atoms with van der Waals surface area (Å²) in [4.78, 5) is 11.7. The van der Waals surface area contributed by atoms with E-state index >= 15 is 0 Å². The van der Waals surface area contributed by atoms with Gasteiger partial charge in [-0.3, -0.25) is 0 Å². The van der Waals surface area contributed by atoms with E-state index in [4.69, 9.17) is 28.6 Å². The maximum absolute atomic E-state index is 11.7. The van der Waals surface area contributed by atoms with Crippen LogP contribution in [0.4, 0.5) is 5.69 Å². The van der Waals surface area contributed by atoms with Crippen molar-refractivity contribution in [2.24, 2.45) is 0 Å². The SMILES string of the molecule is CCOC(=O)c1ccc(NC(=S)NCCCc2ccccc2)cc1Cl. The first kappa shape index (κ1) is 19.2. The van der Waals surface area contributed by atoms with Gasteiger partial charge in [0.05, 0.1) is 17.2 Å². The van der Waals surface area contributed by atoms with Crippen LogP contribution < -0.4 is 10.6 Å². The molecule has 0 aliphatic heterocycles. The second kappa shape index (κ2) is 10.0. The maximum atomic E-state index is 11.7. The standard InChI is InChI=1S/C19H21ClN2O2S/c1-2-24-18(23)16-11-10-15(13-17(16)20)22-19(25)21-12-6-9-14-7-4-3-5-8-14/h3-5,7-8,10-11,13H,2,6,9,12H2,1H3,(H2,21,22,25). The van der Waals surface area contributed by atoms with Crippen LogP contribution in [0.15, 0.2) is 48.5 Å². The highest BCUT2D eigenvalue weighted by molar-refractivity contribution is 7.80. The van der Waals surface area contributed by atoms with Crippen LogP contribution >= 0.6 is 23.8 Å². The summed E-state index contributed by atoms with van der Waals surface area (Å²) in [5.74, 6) is -0.430. The van der Waals surface area contributed by atoms with E-state index < -0.39 is 5.97 Å². The van der Waals surface area contributed by atoms with Gasteiger partial charge in [-0.2, -0.15) is 0 Å². The van der Waals surface area contributed by atoms with Gasteiger partial charge in [-0.05, 0) is 55.7 Å². The number of anilines is 1. The molecule has 0 saturated carbocycles. The monoisotopic (exact) mass is 376 g/mol. The Morgan fingerprint density at radius 1 is 1.20 bits per heavy atom. The molecular weight excluding hydrogens is 356 g/mol. The number of ether oxygens (including phenoxy) is 1. The highest BCUT2D eigenvalue weighted by Crippen LogP contribution is 2.21.